The van der Waals surface area contributed by atoms with Gasteiger partial charge in [-0.2, -0.15) is 13.2 Å². The van der Waals surface area contributed by atoms with Gasteiger partial charge in [0.25, 0.3) is 0 Å². The lowest BCUT2D eigenvalue weighted by atomic mass is 9.89. The van der Waals surface area contributed by atoms with Gasteiger partial charge in [0.1, 0.15) is 23.0 Å². The number of thioether (sulfide) groups is 1. The van der Waals surface area contributed by atoms with Crippen molar-refractivity contribution in [3.8, 4) is 22.9 Å². The first kappa shape index (κ1) is 28.4. The highest BCUT2D eigenvalue weighted by Gasteiger charge is 2.35. The Kier molecular flexibility index (Phi) is 7.89. The zero-order valence-corrected chi connectivity index (χ0v) is 22.5. The molecule has 1 saturated heterocycles. The van der Waals surface area contributed by atoms with Crippen molar-refractivity contribution >= 4 is 23.5 Å². The lowest BCUT2D eigenvalue weighted by molar-refractivity contribution is -0.144. The molecule has 9 nitrogen and oxygen atoms in total. The number of halogens is 5. The van der Waals surface area contributed by atoms with Crippen LogP contribution in [0.3, 0.4) is 0 Å². The minimum atomic E-state index is -4.73. The van der Waals surface area contributed by atoms with E-state index in [-0.39, 0.29) is 36.4 Å². The predicted molar refractivity (Wildman–Crippen MR) is 139 cm³/mol. The largest absolute Gasteiger partial charge is 0.451 e. The van der Waals surface area contributed by atoms with Gasteiger partial charge in [-0.1, -0.05) is 17.8 Å². The third-order valence-corrected chi connectivity index (χ3v) is 7.07. The summed E-state index contributed by atoms with van der Waals surface area (Å²) in [5.74, 6) is -3.07. The molecule has 5 rings (SSSR count). The number of carbonyl (C=O) groups is 1. The number of benzene rings is 1. The second-order valence-electron chi connectivity index (χ2n) is 9.14. The van der Waals surface area contributed by atoms with E-state index in [1.165, 1.54) is 35.0 Å². The number of para-hydroxylation sites is 1. The number of piperidine rings is 1. The molecule has 1 N–H and O–H groups in total. The molecule has 41 heavy (non-hydrogen) atoms. The molecule has 0 unspecified atom stereocenters. The average Bonchev–Trinajstić information content (AvgIpc) is 3.44. The van der Waals surface area contributed by atoms with Crippen LogP contribution < -0.4 is 5.32 Å². The third-order valence-electron chi connectivity index (χ3n) is 6.52. The number of anilines is 1. The molecule has 0 saturated carbocycles. The quantitative estimate of drug-likeness (QED) is 0.163. The SMILES string of the molecule is CSc1nc(C)c(-c2cnc(-c3ccnc(C(F)(F)F)n3)o2)c(C2CCN(C(=O)Nc3c(F)cccc3F)CC2)n1. The third kappa shape index (κ3) is 5.99. The van der Waals surface area contributed by atoms with Crippen LogP contribution in [0.15, 0.2) is 46.2 Å². The Morgan fingerprint density at radius 3 is 2.44 bits per heavy atom. The number of nitrogens with one attached hydrogen (secondary N) is 1. The maximum absolute atomic E-state index is 14.0. The van der Waals surface area contributed by atoms with Crippen molar-refractivity contribution in [1.82, 2.24) is 29.8 Å². The van der Waals surface area contributed by atoms with Crippen molar-refractivity contribution in [3.63, 3.8) is 0 Å². The van der Waals surface area contributed by atoms with Gasteiger partial charge in [0.2, 0.25) is 11.7 Å². The Hall–Kier alpha value is -4.14. The van der Waals surface area contributed by atoms with Crippen LogP contribution in [0.4, 0.5) is 32.4 Å². The van der Waals surface area contributed by atoms with Crippen LogP contribution in [0.25, 0.3) is 22.9 Å². The van der Waals surface area contributed by atoms with Gasteiger partial charge in [0.15, 0.2) is 10.9 Å². The van der Waals surface area contributed by atoms with E-state index in [0.29, 0.717) is 34.9 Å². The maximum Gasteiger partial charge on any atom is 0.451 e. The average molecular weight is 592 g/mol. The molecule has 0 radical (unpaired) electrons. The molecule has 1 fully saturated rings. The second-order valence-corrected chi connectivity index (χ2v) is 9.91. The van der Waals surface area contributed by atoms with E-state index in [2.05, 4.69) is 25.3 Å². The number of urea groups is 1. The molecule has 1 aliphatic heterocycles. The summed E-state index contributed by atoms with van der Waals surface area (Å²) in [6.07, 6.45) is 0.411. The number of aromatic nitrogens is 5. The summed E-state index contributed by atoms with van der Waals surface area (Å²) in [4.78, 5) is 34.3. The fourth-order valence-corrected chi connectivity index (χ4v) is 4.96. The van der Waals surface area contributed by atoms with E-state index < -0.39 is 35.4 Å². The van der Waals surface area contributed by atoms with E-state index >= 15 is 0 Å². The number of aryl methyl sites for hydroxylation is 1. The first-order valence-corrected chi connectivity index (χ1v) is 13.6. The van der Waals surface area contributed by atoms with Gasteiger partial charge in [-0.3, -0.25) is 0 Å². The Balaban J connectivity index is 1.39. The van der Waals surface area contributed by atoms with Crippen molar-refractivity contribution in [1.29, 1.82) is 0 Å². The highest BCUT2D eigenvalue weighted by molar-refractivity contribution is 7.98. The molecule has 2 amide bonds. The summed E-state index contributed by atoms with van der Waals surface area (Å²) in [5.41, 5.74) is 1.12. The molecule has 0 atom stereocenters. The van der Waals surface area contributed by atoms with E-state index in [0.717, 1.165) is 18.3 Å². The van der Waals surface area contributed by atoms with Crippen LogP contribution >= 0.6 is 11.8 Å². The standard InChI is InChI=1S/C26H22F5N7O2S/c1-13-19(18-12-33-22(40-18)17-6-9-32-23(35-17)26(29,30)31)20(36-24(34-13)41-2)14-7-10-38(11-8-14)25(39)37-21-15(27)4-3-5-16(21)28/h3-6,9,12,14H,7-8,10-11H2,1-2H3,(H,37,39). The number of hydrogen-bond donors (Lipinski definition) is 1. The molecule has 1 aromatic carbocycles. The Morgan fingerprint density at radius 1 is 1.07 bits per heavy atom. The zero-order valence-electron chi connectivity index (χ0n) is 21.7. The lowest BCUT2D eigenvalue weighted by Crippen LogP contribution is -2.41. The minimum Gasteiger partial charge on any atom is -0.435 e. The molecule has 4 aromatic rings. The summed E-state index contributed by atoms with van der Waals surface area (Å²) in [7, 11) is 0. The van der Waals surface area contributed by atoms with Gasteiger partial charge in [0, 0.05) is 25.2 Å². The second kappa shape index (κ2) is 11.4. The molecule has 0 aliphatic carbocycles. The predicted octanol–water partition coefficient (Wildman–Crippen LogP) is 6.33. The van der Waals surface area contributed by atoms with Gasteiger partial charge in [-0.15, -0.1) is 0 Å². The Labute approximate surface area is 234 Å². The molecule has 214 valence electrons. The molecule has 0 bridgehead atoms. The number of oxazole rings is 1. The Morgan fingerprint density at radius 2 is 1.78 bits per heavy atom. The van der Waals surface area contributed by atoms with E-state index in [1.54, 1.807) is 6.92 Å². The topological polar surface area (TPSA) is 110 Å². The fourth-order valence-electron chi connectivity index (χ4n) is 4.54. The van der Waals surface area contributed by atoms with Crippen LogP contribution in [-0.2, 0) is 6.18 Å². The van der Waals surface area contributed by atoms with Crippen molar-refractivity contribution in [2.24, 2.45) is 0 Å². The number of alkyl halides is 3. The van der Waals surface area contributed by atoms with Gasteiger partial charge in [-0.25, -0.2) is 38.5 Å². The molecule has 3 aromatic heterocycles. The van der Waals surface area contributed by atoms with Crippen LogP contribution in [0.5, 0.6) is 0 Å². The Bertz CT molecular complexity index is 1570. The molecule has 1 aliphatic rings. The van der Waals surface area contributed by atoms with Gasteiger partial charge in [0.05, 0.1) is 23.1 Å². The summed E-state index contributed by atoms with van der Waals surface area (Å²) < 4.78 is 73.2. The molecule has 4 heterocycles. The van der Waals surface area contributed by atoms with Crippen LogP contribution in [0.1, 0.15) is 36.0 Å². The molecular formula is C26H22F5N7O2S. The van der Waals surface area contributed by atoms with Crippen molar-refractivity contribution < 1.29 is 31.2 Å². The highest BCUT2D eigenvalue weighted by Crippen LogP contribution is 2.38. The number of hydrogen-bond acceptors (Lipinski definition) is 8. The van der Waals surface area contributed by atoms with Gasteiger partial charge >= 0.3 is 12.2 Å². The number of likely N-dealkylation sites (tertiary alicyclic amines) is 1. The maximum atomic E-state index is 14.0. The number of rotatable bonds is 5. The van der Waals surface area contributed by atoms with E-state index in [4.69, 9.17) is 9.40 Å². The lowest BCUT2D eigenvalue weighted by Gasteiger charge is -2.32. The smallest absolute Gasteiger partial charge is 0.435 e. The summed E-state index contributed by atoms with van der Waals surface area (Å²) >= 11 is 1.34. The first-order chi connectivity index (χ1) is 19.5. The van der Waals surface area contributed by atoms with Gasteiger partial charge < -0.3 is 14.6 Å². The van der Waals surface area contributed by atoms with Crippen LogP contribution in [0, 0.1) is 18.6 Å². The monoisotopic (exact) mass is 591 g/mol. The molecule has 15 heteroatoms. The minimum absolute atomic E-state index is 0.126. The van der Waals surface area contributed by atoms with Crippen molar-refractivity contribution in [2.45, 2.75) is 37.0 Å². The fraction of sp³-hybridized carbons (Fsp3) is 0.308. The van der Waals surface area contributed by atoms with E-state index in [1.807, 2.05) is 6.26 Å². The zero-order chi connectivity index (χ0) is 29.3. The van der Waals surface area contributed by atoms with Gasteiger partial charge in [-0.05, 0) is 44.2 Å². The highest BCUT2D eigenvalue weighted by atomic mass is 32.2. The van der Waals surface area contributed by atoms with E-state index in [9.17, 15) is 26.7 Å². The van der Waals surface area contributed by atoms with Crippen LogP contribution in [-0.4, -0.2) is 55.2 Å². The number of nitrogens with zero attached hydrogens (tertiary/aromatic N) is 6. The number of amides is 2. The van der Waals surface area contributed by atoms with Crippen LogP contribution in [0.2, 0.25) is 0 Å². The number of carbonyl (C=O) groups excluding carboxylic acids is 1. The van der Waals surface area contributed by atoms with Crippen molar-refractivity contribution in [3.05, 3.63) is 65.5 Å². The first-order valence-electron chi connectivity index (χ1n) is 12.3. The normalized spacial score (nSPS) is 14.4. The summed E-state index contributed by atoms with van der Waals surface area (Å²) in [6.45, 7) is 2.33. The molecular weight excluding hydrogens is 569 g/mol. The summed E-state index contributed by atoms with van der Waals surface area (Å²) in [5, 5.41) is 2.82. The summed E-state index contributed by atoms with van der Waals surface area (Å²) in [6, 6.07) is 3.96. The molecule has 0 spiro atoms. The van der Waals surface area contributed by atoms with Crippen molar-refractivity contribution in [2.75, 3.05) is 24.7 Å².